The molecule has 0 bridgehead atoms. The maximum absolute atomic E-state index is 15.2. The zero-order valence-corrected chi connectivity index (χ0v) is 16.7. The van der Waals surface area contributed by atoms with E-state index in [-0.39, 0.29) is 22.4 Å². The van der Waals surface area contributed by atoms with E-state index in [0.29, 0.717) is 23.6 Å². The molecule has 0 spiro atoms. The Hall–Kier alpha value is -4.13. The highest BCUT2D eigenvalue weighted by atomic mass is 19.1. The molecule has 7 heteroatoms. The van der Waals surface area contributed by atoms with Crippen molar-refractivity contribution in [1.29, 1.82) is 0 Å². The number of carbonyl (C=O) groups is 1. The summed E-state index contributed by atoms with van der Waals surface area (Å²) in [5.41, 5.74) is 4.76. The van der Waals surface area contributed by atoms with Crippen LogP contribution in [-0.4, -0.2) is 10.5 Å². The van der Waals surface area contributed by atoms with E-state index in [1.165, 1.54) is 6.20 Å². The number of aromatic nitrogens is 1. The molecule has 0 aliphatic heterocycles. The topological polar surface area (TPSA) is 83.6 Å². The van der Waals surface area contributed by atoms with E-state index < -0.39 is 17.2 Å². The van der Waals surface area contributed by atoms with Crippen molar-refractivity contribution in [3.05, 3.63) is 94.5 Å². The lowest BCUT2D eigenvalue weighted by Crippen LogP contribution is -2.24. The van der Waals surface area contributed by atoms with Crippen molar-refractivity contribution in [2.45, 2.75) is 13.5 Å². The summed E-state index contributed by atoms with van der Waals surface area (Å²) in [4.78, 5) is 24.6. The molecule has 2 N–H and O–H groups in total. The molecule has 1 heterocycles. The summed E-state index contributed by atoms with van der Waals surface area (Å²) < 4.78 is 28.7. The zero-order valence-electron chi connectivity index (χ0n) is 16.7. The van der Waals surface area contributed by atoms with Gasteiger partial charge in [0.25, 0.3) is 5.91 Å². The standard InChI is InChI=1S/C24H19FN2O4/c1-2-27-14-18(24(26)29)21(28)17-13-19(25)22(30-15-9-5-3-6-10-15)23(20(17)27)31-16-11-7-4-8-12-16/h3-14H,2H2,1H3,(H2,26,29). The van der Waals surface area contributed by atoms with E-state index >= 15 is 4.39 Å². The number of carbonyl (C=O) groups excluding carboxylic acids is 1. The van der Waals surface area contributed by atoms with Crippen molar-refractivity contribution in [2.75, 3.05) is 0 Å². The maximum Gasteiger partial charge on any atom is 0.254 e. The van der Waals surface area contributed by atoms with Crippen molar-refractivity contribution in [3.8, 4) is 23.0 Å². The van der Waals surface area contributed by atoms with Crippen LogP contribution in [0.2, 0.25) is 0 Å². The Bertz CT molecular complexity index is 1320. The highest BCUT2D eigenvalue weighted by Gasteiger charge is 2.24. The minimum absolute atomic E-state index is 0.0259. The fourth-order valence-electron chi connectivity index (χ4n) is 3.31. The van der Waals surface area contributed by atoms with Crippen LogP contribution in [0.4, 0.5) is 4.39 Å². The van der Waals surface area contributed by atoms with Crippen molar-refractivity contribution >= 4 is 16.8 Å². The molecule has 0 saturated carbocycles. The first kappa shape index (κ1) is 20.2. The molecular weight excluding hydrogens is 399 g/mol. The average Bonchev–Trinajstić information content (AvgIpc) is 2.78. The Morgan fingerprint density at radius 3 is 2.03 bits per heavy atom. The molecule has 0 aliphatic carbocycles. The first-order valence-corrected chi connectivity index (χ1v) is 9.64. The molecular formula is C24H19FN2O4. The summed E-state index contributed by atoms with van der Waals surface area (Å²) in [6, 6.07) is 18.5. The number of primary amides is 1. The third kappa shape index (κ3) is 3.85. The fraction of sp³-hybridized carbons (Fsp3) is 0.0833. The molecule has 3 aromatic carbocycles. The molecule has 31 heavy (non-hydrogen) atoms. The van der Waals surface area contributed by atoms with Crippen molar-refractivity contribution in [2.24, 2.45) is 5.73 Å². The number of nitrogens with zero attached hydrogens (tertiary/aromatic N) is 1. The summed E-state index contributed by atoms with van der Waals surface area (Å²) in [7, 11) is 0. The van der Waals surface area contributed by atoms with Crippen LogP contribution in [0.25, 0.3) is 10.9 Å². The number of amides is 1. The molecule has 0 atom stereocenters. The van der Waals surface area contributed by atoms with Crippen LogP contribution in [-0.2, 0) is 6.54 Å². The van der Waals surface area contributed by atoms with Gasteiger partial charge >= 0.3 is 0 Å². The number of pyridine rings is 1. The van der Waals surface area contributed by atoms with Gasteiger partial charge in [0.2, 0.25) is 11.2 Å². The van der Waals surface area contributed by atoms with E-state index in [9.17, 15) is 9.59 Å². The highest BCUT2D eigenvalue weighted by molar-refractivity contribution is 5.98. The summed E-state index contributed by atoms with van der Waals surface area (Å²) in [6.07, 6.45) is 1.36. The molecule has 156 valence electrons. The first-order valence-electron chi connectivity index (χ1n) is 9.64. The second kappa shape index (κ2) is 8.31. The average molecular weight is 418 g/mol. The van der Waals surface area contributed by atoms with Gasteiger partial charge in [-0.2, -0.15) is 0 Å². The van der Waals surface area contributed by atoms with Gasteiger partial charge in [-0.1, -0.05) is 36.4 Å². The SMILES string of the molecule is CCn1cc(C(N)=O)c(=O)c2cc(F)c(Oc3ccccc3)c(Oc3ccccc3)c21. The lowest BCUT2D eigenvalue weighted by Gasteiger charge is -2.19. The fourth-order valence-corrected chi connectivity index (χ4v) is 3.31. The first-order chi connectivity index (χ1) is 15.0. The van der Waals surface area contributed by atoms with Gasteiger partial charge in [-0.25, -0.2) is 4.39 Å². The molecule has 4 rings (SSSR count). The van der Waals surface area contributed by atoms with Crippen LogP contribution >= 0.6 is 0 Å². The van der Waals surface area contributed by atoms with Crippen molar-refractivity contribution in [3.63, 3.8) is 0 Å². The minimum atomic E-state index is -0.885. The number of rotatable bonds is 6. The van der Waals surface area contributed by atoms with Gasteiger partial charge in [0, 0.05) is 12.7 Å². The number of fused-ring (bicyclic) bond motifs is 1. The van der Waals surface area contributed by atoms with Crippen LogP contribution in [0, 0.1) is 5.82 Å². The van der Waals surface area contributed by atoms with E-state index in [4.69, 9.17) is 15.2 Å². The van der Waals surface area contributed by atoms with E-state index in [0.717, 1.165) is 6.07 Å². The predicted molar refractivity (Wildman–Crippen MR) is 115 cm³/mol. The number of benzene rings is 3. The highest BCUT2D eigenvalue weighted by Crippen LogP contribution is 2.42. The Kier molecular flexibility index (Phi) is 5.41. The normalized spacial score (nSPS) is 10.8. The van der Waals surface area contributed by atoms with E-state index in [2.05, 4.69) is 0 Å². The Morgan fingerprint density at radius 1 is 0.968 bits per heavy atom. The molecule has 4 aromatic rings. The van der Waals surface area contributed by atoms with Gasteiger partial charge < -0.3 is 19.8 Å². The smallest absolute Gasteiger partial charge is 0.254 e. The number of para-hydroxylation sites is 2. The summed E-state index contributed by atoms with van der Waals surface area (Å²) in [6.45, 7) is 2.20. The van der Waals surface area contributed by atoms with Gasteiger partial charge in [0.05, 0.1) is 10.9 Å². The van der Waals surface area contributed by atoms with Gasteiger partial charge in [-0.15, -0.1) is 0 Å². The number of aryl methyl sites for hydroxylation is 1. The molecule has 0 fully saturated rings. The summed E-state index contributed by atoms with van der Waals surface area (Å²) >= 11 is 0. The molecule has 1 amide bonds. The van der Waals surface area contributed by atoms with Crippen LogP contribution in [0.3, 0.4) is 0 Å². The number of hydrogen-bond acceptors (Lipinski definition) is 4. The third-order valence-corrected chi connectivity index (χ3v) is 4.76. The van der Waals surface area contributed by atoms with Crippen LogP contribution in [0.5, 0.6) is 23.0 Å². The molecule has 0 radical (unpaired) electrons. The Balaban J connectivity index is 2.05. The molecule has 6 nitrogen and oxygen atoms in total. The zero-order chi connectivity index (χ0) is 22.0. The van der Waals surface area contributed by atoms with Crippen molar-refractivity contribution < 1.29 is 18.7 Å². The maximum atomic E-state index is 15.2. The predicted octanol–water partition coefficient (Wildman–Crippen LogP) is 4.84. The monoisotopic (exact) mass is 418 g/mol. The summed E-state index contributed by atoms with van der Waals surface area (Å²) in [5, 5.41) is -0.0259. The lowest BCUT2D eigenvalue weighted by atomic mass is 10.1. The van der Waals surface area contributed by atoms with E-state index in [1.807, 2.05) is 19.1 Å². The van der Waals surface area contributed by atoms with Crippen molar-refractivity contribution in [1.82, 2.24) is 4.57 Å². The van der Waals surface area contributed by atoms with Gasteiger partial charge in [-0.3, -0.25) is 9.59 Å². The van der Waals surface area contributed by atoms with Gasteiger partial charge in [0.1, 0.15) is 17.1 Å². The third-order valence-electron chi connectivity index (χ3n) is 4.76. The van der Waals surface area contributed by atoms with E-state index in [1.54, 1.807) is 53.1 Å². The molecule has 0 saturated heterocycles. The second-order valence-electron chi connectivity index (χ2n) is 6.77. The lowest BCUT2D eigenvalue weighted by molar-refractivity contribution is 0.0998. The van der Waals surface area contributed by atoms with Crippen LogP contribution in [0.15, 0.2) is 77.7 Å². The second-order valence-corrected chi connectivity index (χ2v) is 6.77. The quantitative estimate of drug-likeness (QED) is 0.485. The van der Waals surface area contributed by atoms with Crippen LogP contribution in [0.1, 0.15) is 17.3 Å². The molecule has 0 unspecified atom stereocenters. The Morgan fingerprint density at radius 2 is 1.52 bits per heavy atom. The Labute approximate surface area is 177 Å². The van der Waals surface area contributed by atoms with Crippen LogP contribution < -0.4 is 20.6 Å². The summed E-state index contributed by atoms with van der Waals surface area (Å²) in [5.74, 6) is -0.997. The number of halogens is 1. The molecule has 0 aliphatic rings. The number of hydrogen-bond donors (Lipinski definition) is 1. The minimum Gasteiger partial charge on any atom is -0.451 e. The van der Waals surface area contributed by atoms with Gasteiger partial charge in [-0.05, 0) is 37.3 Å². The molecule has 1 aromatic heterocycles. The number of nitrogens with two attached hydrogens (primary N) is 1. The van der Waals surface area contributed by atoms with Gasteiger partial charge in [0.15, 0.2) is 11.6 Å². The largest absolute Gasteiger partial charge is 0.451 e. The number of ether oxygens (including phenoxy) is 2.